The highest BCUT2D eigenvalue weighted by molar-refractivity contribution is 5.93. The molecule has 3 aromatic heterocycles. The summed E-state index contributed by atoms with van der Waals surface area (Å²) in [6, 6.07) is 17.0. The molecular weight excluding hydrogens is 342 g/mol. The Balaban J connectivity index is 1.45. The van der Waals surface area contributed by atoms with Crippen molar-refractivity contribution in [3.63, 3.8) is 0 Å². The van der Waals surface area contributed by atoms with Crippen LogP contribution in [0.2, 0.25) is 0 Å². The number of hydrogen-bond donors (Lipinski definition) is 0. The maximum Gasteiger partial charge on any atom is 0.276 e. The van der Waals surface area contributed by atoms with Crippen LogP contribution in [-0.4, -0.2) is 37.1 Å². The Bertz CT molecular complexity index is 1100. The van der Waals surface area contributed by atoms with E-state index in [0.29, 0.717) is 18.0 Å². The summed E-state index contributed by atoms with van der Waals surface area (Å²) in [5.41, 5.74) is 1.99. The first-order valence-electron chi connectivity index (χ1n) is 8.94. The minimum Gasteiger partial charge on any atom is -0.355 e. The van der Waals surface area contributed by atoms with Crippen molar-refractivity contribution >= 4 is 11.6 Å². The van der Waals surface area contributed by atoms with Crippen molar-refractivity contribution < 1.29 is 9.32 Å². The van der Waals surface area contributed by atoms with Crippen LogP contribution in [0.1, 0.15) is 35.2 Å². The molecule has 27 heavy (non-hydrogen) atoms. The summed E-state index contributed by atoms with van der Waals surface area (Å²) in [5, 5.41) is 12.6. The van der Waals surface area contributed by atoms with E-state index >= 15 is 0 Å². The van der Waals surface area contributed by atoms with Crippen molar-refractivity contribution in [2.75, 3.05) is 6.54 Å². The Hall–Kier alpha value is -3.48. The van der Waals surface area contributed by atoms with Gasteiger partial charge in [0.05, 0.1) is 6.04 Å². The van der Waals surface area contributed by atoms with Crippen LogP contribution in [0.15, 0.2) is 65.3 Å². The van der Waals surface area contributed by atoms with Crippen molar-refractivity contribution in [3.8, 4) is 11.3 Å². The second-order valence-electron chi connectivity index (χ2n) is 6.59. The quantitative estimate of drug-likeness (QED) is 0.561. The van der Waals surface area contributed by atoms with Crippen LogP contribution >= 0.6 is 0 Å². The van der Waals surface area contributed by atoms with Gasteiger partial charge in [0.1, 0.15) is 0 Å². The van der Waals surface area contributed by atoms with Crippen molar-refractivity contribution in [2.24, 2.45) is 0 Å². The number of pyridine rings is 1. The molecule has 1 saturated heterocycles. The number of carbonyl (C=O) groups excluding carboxylic acids is 1. The Kier molecular flexibility index (Phi) is 3.71. The van der Waals surface area contributed by atoms with Gasteiger partial charge < -0.3 is 9.42 Å². The molecule has 7 nitrogen and oxygen atoms in total. The smallest absolute Gasteiger partial charge is 0.276 e. The first-order valence-corrected chi connectivity index (χ1v) is 8.94. The van der Waals surface area contributed by atoms with E-state index < -0.39 is 0 Å². The van der Waals surface area contributed by atoms with Gasteiger partial charge >= 0.3 is 0 Å². The number of nitrogens with zero attached hydrogens (tertiary/aromatic N) is 5. The van der Waals surface area contributed by atoms with Crippen molar-refractivity contribution in [2.45, 2.75) is 18.9 Å². The van der Waals surface area contributed by atoms with Gasteiger partial charge in [0, 0.05) is 24.4 Å². The average Bonchev–Trinajstić information content (AvgIpc) is 3.46. The van der Waals surface area contributed by atoms with Crippen LogP contribution in [0.4, 0.5) is 0 Å². The van der Waals surface area contributed by atoms with Crippen LogP contribution in [0, 0.1) is 0 Å². The van der Waals surface area contributed by atoms with E-state index in [0.717, 1.165) is 29.9 Å². The van der Waals surface area contributed by atoms with Gasteiger partial charge in [-0.15, -0.1) is 10.2 Å². The Labute approximate surface area is 155 Å². The summed E-state index contributed by atoms with van der Waals surface area (Å²) in [6.45, 7) is 0.665. The van der Waals surface area contributed by atoms with Gasteiger partial charge in [0.25, 0.3) is 5.91 Å². The fourth-order valence-corrected chi connectivity index (χ4v) is 3.63. The molecule has 0 aliphatic carbocycles. The number of fused-ring (bicyclic) bond motifs is 1. The van der Waals surface area contributed by atoms with Crippen molar-refractivity contribution in [1.29, 1.82) is 0 Å². The zero-order chi connectivity index (χ0) is 18.2. The lowest BCUT2D eigenvalue weighted by molar-refractivity contribution is 0.0718. The molecule has 1 aliphatic heterocycles. The Morgan fingerprint density at radius 3 is 2.81 bits per heavy atom. The lowest BCUT2D eigenvalue weighted by atomic mass is 10.1. The minimum atomic E-state index is -0.142. The van der Waals surface area contributed by atoms with Crippen LogP contribution in [0.5, 0.6) is 0 Å². The summed E-state index contributed by atoms with van der Waals surface area (Å²) in [7, 11) is 0. The second kappa shape index (κ2) is 6.35. The molecule has 7 heteroatoms. The number of hydrogen-bond acceptors (Lipinski definition) is 5. The monoisotopic (exact) mass is 359 g/mol. The Morgan fingerprint density at radius 1 is 1.07 bits per heavy atom. The van der Waals surface area contributed by atoms with Crippen molar-refractivity contribution in [1.82, 2.24) is 24.7 Å². The minimum absolute atomic E-state index is 0.119. The average molecular weight is 359 g/mol. The molecule has 0 spiro atoms. The highest BCUT2D eigenvalue weighted by atomic mass is 16.5. The van der Waals surface area contributed by atoms with E-state index in [1.165, 1.54) is 0 Å². The van der Waals surface area contributed by atoms with Crippen LogP contribution in [-0.2, 0) is 0 Å². The Morgan fingerprint density at radius 2 is 1.93 bits per heavy atom. The van der Waals surface area contributed by atoms with Gasteiger partial charge in [-0.05, 0) is 25.0 Å². The van der Waals surface area contributed by atoms with Gasteiger partial charge in [-0.3, -0.25) is 9.20 Å². The van der Waals surface area contributed by atoms with Gasteiger partial charge in [-0.2, -0.15) is 0 Å². The van der Waals surface area contributed by atoms with Gasteiger partial charge in [0.15, 0.2) is 22.9 Å². The molecule has 0 N–H and O–H groups in total. The number of likely N-dealkylation sites (tertiary alicyclic amines) is 1. The van der Waals surface area contributed by atoms with Gasteiger partial charge in [0.2, 0.25) is 0 Å². The number of aromatic nitrogens is 4. The molecule has 5 rings (SSSR count). The van der Waals surface area contributed by atoms with E-state index in [2.05, 4.69) is 15.4 Å². The van der Waals surface area contributed by atoms with E-state index in [9.17, 15) is 4.79 Å². The maximum absolute atomic E-state index is 13.1. The predicted octanol–water partition coefficient (Wildman–Crippen LogP) is 3.36. The van der Waals surface area contributed by atoms with Crippen LogP contribution in [0.25, 0.3) is 17.0 Å². The second-order valence-corrected chi connectivity index (χ2v) is 6.59. The fourth-order valence-electron chi connectivity index (χ4n) is 3.63. The lowest BCUT2D eigenvalue weighted by Crippen LogP contribution is -2.31. The number of rotatable bonds is 3. The first-order chi connectivity index (χ1) is 13.3. The third-order valence-electron chi connectivity index (χ3n) is 4.94. The van der Waals surface area contributed by atoms with Crippen molar-refractivity contribution in [3.05, 3.63) is 72.3 Å². The molecular formula is C20H17N5O2. The van der Waals surface area contributed by atoms with Gasteiger partial charge in [-0.25, -0.2) is 0 Å². The normalized spacial score (nSPS) is 16.9. The highest BCUT2D eigenvalue weighted by Gasteiger charge is 2.35. The zero-order valence-corrected chi connectivity index (χ0v) is 14.5. The molecule has 0 bridgehead atoms. The number of benzene rings is 1. The van der Waals surface area contributed by atoms with Gasteiger partial charge in [-0.1, -0.05) is 41.6 Å². The molecule has 1 aromatic carbocycles. The fraction of sp³-hybridized carbons (Fsp3) is 0.200. The molecule has 1 amide bonds. The van der Waals surface area contributed by atoms with E-state index in [-0.39, 0.29) is 11.9 Å². The van der Waals surface area contributed by atoms with E-state index in [1.807, 2.05) is 64.0 Å². The molecule has 134 valence electrons. The van der Waals surface area contributed by atoms with E-state index in [4.69, 9.17) is 4.52 Å². The summed E-state index contributed by atoms with van der Waals surface area (Å²) >= 11 is 0. The summed E-state index contributed by atoms with van der Waals surface area (Å²) in [6.07, 6.45) is 3.70. The summed E-state index contributed by atoms with van der Waals surface area (Å²) in [5.74, 6) is 1.22. The van der Waals surface area contributed by atoms with Crippen LogP contribution in [0.3, 0.4) is 0 Å². The topological polar surface area (TPSA) is 76.5 Å². The summed E-state index contributed by atoms with van der Waals surface area (Å²) in [4.78, 5) is 14.9. The molecule has 1 atom stereocenters. The predicted molar refractivity (Wildman–Crippen MR) is 97.9 cm³/mol. The first kappa shape index (κ1) is 15.7. The third kappa shape index (κ3) is 2.68. The molecule has 1 aliphatic rings. The third-order valence-corrected chi connectivity index (χ3v) is 4.94. The molecule has 1 unspecified atom stereocenters. The lowest BCUT2D eigenvalue weighted by Gasteiger charge is -2.22. The zero-order valence-electron chi connectivity index (χ0n) is 14.5. The summed E-state index contributed by atoms with van der Waals surface area (Å²) < 4.78 is 7.34. The van der Waals surface area contributed by atoms with Crippen LogP contribution < -0.4 is 0 Å². The largest absolute Gasteiger partial charge is 0.355 e. The van der Waals surface area contributed by atoms with E-state index in [1.54, 1.807) is 6.07 Å². The molecule has 4 heterocycles. The number of amides is 1. The SMILES string of the molecule is O=C(c1cc(-c2ccccc2)on1)N1CCCC1c1nnc2ccccn12. The standard InChI is InChI=1S/C20H17N5O2/c26-20(15-13-17(27-23-15)14-7-2-1-3-8-14)24-12-6-9-16(24)19-22-21-18-10-4-5-11-25(18)19/h1-5,7-8,10-11,13,16H,6,9,12H2. The number of carbonyl (C=O) groups is 1. The molecule has 0 radical (unpaired) electrons. The highest BCUT2D eigenvalue weighted by Crippen LogP contribution is 2.32. The molecule has 4 aromatic rings. The maximum atomic E-state index is 13.1. The molecule has 1 fully saturated rings. The molecule has 0 saturated carbocycles.